The number of allylic oxidation sites excluding steroid dienone is 2. The molecule has 3 aromatic rings. The van der Waals surface area contributed by atoms with Gasteiger partial charge in [0.2, 0.25) is 11.1 Å². The molecule has 1 aliphatic carbocycles. The van der Waals surface area contributed by atoms with Crippen molar-refractivity contribution in [1.29, 1.82) is 0 Å². The molecule has 2 heterocycles. The molecule has 1 atom stereocenters. The number of nitrogens with zero attached hydrogens (tertiary/aromatic N) is 3. The van der Waals surface area contributed by atoms with E-state index in [1.807, 2.05) is 41.1 Å². The third-order valence-corrected chi connectivity index (χ3v) is 6.70. The van der Waals surface area contributed by atoms with Gasteiger partial charge in [-0.05, 0) is 36.6 Å². The Labute approximate surface area is 190 Å². The van der Waals surface area contributed by atoms with Gasteiger partial charge in [-0.2, -0.15) is 4.98 Å². The van der Waals surface area contributed by atoms with Crippen molar-refractivity contribution in [1.82, 2.24) is 14.8 Å². The fourth-order valence-electron chi connectivity index (χ4n) is 4.26. The number of anilines is 1. The van der Waals surface area contributed by atoms with Crippen LogP contribution in [0.4, 0.5) is 5.95 Å². The molecule has 0 saturated heterocycles. The van der Waals surface area contributed by atoms with Crippen LogP contribution < -0.4 is 14.8 Å². The van der Waals surface area contributed by atoms with Gasteiger partial charge >= 0.3 is 0 Å². The van der Waals surface area contributed by atoms with E-state index in [0.717, 1.165) is 35.4 Å². The van der Waals surface area contributed by atoms with E-state index in [0.29, 0.717) is 29.0 Å². The third kappa shape index (κ3) is 3.75. The van der Waals surface area contributed by atoms with E-state index in [4.69, 9.17) is 19.6 Å². The van der Waals surface area contributed by atoms with Crippen LogP contribution in [0.15, 0.2) is 65.0 Å². The van der Waals surface area contributed by atoms with Gasteiger partial charge in [-0.15, -0.1) is 5.10 Å². The van der Waals surface area contributed by atoms with Crippen molar-refractivity contribution in [2.45, 2.75) is 36.2 Å². The van der Waals surface area contributed by atoms with Gasteiger partial charge in [0.1, 0.15) is 17.5 Å². The van der Waals surface area contributed by atoms with E-state index in [-0.39, 0.29) is 5.78 Å². The first-order valence-electron chi connectivity index (χ1n) is 10.6. The van der Waals surface area contributed by atoms with Crippen LogP contribution in [0.25, 0.3) is 0 Å². The van der Waals surface area contributed by atoms with Gasteiger partial charge in [0.25, 0.3) is 0 Å². The lowest BCUT2D eigenvalue weighted by atomic mass is 9.85. The summed E-state index contributed by atoms with van der Waals surface area (Å²) in [7, 11) is 3.26. The molecule has 2 aromatic carbocycles. The molecule has 0 fully saturated rings. The normalized spacial score (nSPS) is 17.4. The third-order valence-electron chi connectivity index (χ3n) is 5.79. The highest BCUT2D eigenvalue weighted by Crippen LogP contribution is 2.44. The van der Waals surface area contributed by atoms with Crippen molar-refractivity contribution in [2.75, 3.05) is 19.5 Å². The molecular formula is C24H24N4O3S. The van der Waals surface area contributed by atoms with Crippen LogP contribution >= 0.6 is 11.8 Å². The summed E-state index contributed by atoms with van der Waals surface area (Å²) in [5, 5.41) is 8.84. The lowest BCUT2D eigenvalue weighted by molar-refractivity contribution is -0.116. The first kappa shape index (κ1) is 20.6. The number of methoxy groups -OCH3 is 2. The Balaban J connectivity index is 1.58. The van der Waals surface area contributed by atoms with Gasteiger partial charge in [-0.3, -0.25) is 4.79 Å². The molecule has 7 nitrogen and oxygen atoms in total. The van der Waals surface area contributed by atoms with Crippen molar-refractivity contribution in [3.05, 3.63) is 70.9 Å². The summed E-state index contributed by atoms with van der Waals surface area (Å²) in [5.41, 5.74) is 3.70. The van der Waals surface area contributed by atoms with Gasteiger partial charge < -0.3 is 14.8 Å². The number of fused-ring (bicyclic) bond motifs is 1. The first-order valence-corrected chi connectivity index (χ1v) is 11.5. The second-order valence-electron chi connectivity index (χ2n) is 7.74. The number of hydrogen-bond acceptors (Lipinski definition) is 7. The molecule has 1 N–H and O–H groups in total. The SMILES string of the molecule is COc1ccc(OC)c(C2C3=C(CCCC3=O)Nc3nc(SCc4ccccc4)nn32)c1. The summed E-state index contributed by atoms with van der Waals surface area (Å²) >= 11 is 1.57. The number of hydrogen-bond donors (Lipinski definition) is 1. The highest BCUT2D eigenvalue weighted by atomic mass is 32.2. The zero-order valence-electron chi connectivity index (χ0n) is 18.0. The minimum Gasteiger partial charge on any atom is -0.497 e. The Bertz CT molecular complexity index is 1190. The number of carbonyl (C=O) groups is 1. The smallest absolute Gasteiger partial charge is 0.227 e. The molecule has 2 aliphatic rings. The number of rotatable bonds is 6. The molecule has 164 valence electrons. The molecule has 8 heteroatoms. The number of ketones is 1. The number of nitrogens with one attached hydrogen (secondary N) is 1. The summed E-state index contributed by atoms with van der Waals surface area (Å²) in [5.74, 6) is 2.92. The fourth-order valence-corrected chi connectivity index (χ4v) is 5.05. The molecular weight excluding hydrogens is 424 g/mol. The predicted octanol–water partition coefficient (Wildman–Crippen LogP) is 4.61. The molecule has 0 saturated carbocycles. The first-order chi connectivity index (χ1) is 15.7. The van der Waals surface area contributed by atoms with Gasteiger partial charge in [0.05, 0.1) is 14.2 Å². The van der Waals surface area contributed by atoms with Gasteiger partial charge in [0, 0.05) is 29.0 Å². The largest absolute Gasteiger partial charge is 0.497 e. The second kappa shape index (κ2) is 8.70. The van der Waals surface area contributed by atoms with Gasteiger partial charge in [-0.1, -0.05) is 42.1 Å². The summed E-state index contributed by atoms with van der Waals surface area (Å²) in [6.07, 6.45) is 2.17. The zero-order chi connectivity index (χ0) is 22.1. The van der Waals surface area contributed by atoms with Crippen LogP contribution in [-0.2, 0) is 10.5 Å². The van der Waals surface area contributed by atoms with Crippen LogP contribution in [0.1, 0.15) is 36.4 Å². The average molecular weight is 449 g/mol. The predicted molar refractivity (Wildman–Crippen MR) is 123 cm³/mol. The van der Waals surface area contributed by atoms with Crippen LogP contribution in [0, 0.1) is 0 Å². The monoisotopic (exact) mass is 448 g/mol. The van der Waals surface area contributed by atoms with Crippen molar-refractivity contribution >= 4 is 23.5 Å². The molecule has 5 rings (SSSR count). The number of aromatic nitrogens is 3. The Morgan fingerprint density at radius 1 is 1.12 bits per heavy atom. The van der Waals surface area contributed by atoms with E-state index >= 15 is 0 Å². The fraction of sp³-hybridized carbons (Fsp3) is 0.292. The Morgan fingerprint density at radius 3 is 2.75 bits per heavy atom. The zero-order valence-corrected chi connectivity index (χ0v) is 18.8. The minimum atomic E-state index is -0.419. The maximum atomic E-state index is 13.1. The van der Waals surface area contributed by atoms with E-state index in [9.17, 15) is 4.79 Å². The van der Waals surface area contributed by atoms with E-state index in [1.54, 1.807) is 26.0 Å². The number of Topliss-reactive ketones (excluding diaryl/α,β-unsaturated/α-hetero) is 1. The van der Waals surface area contributed by atoms with Crippen LogP contribution in [-0.4, -0.2) is 34.8 Å². The van der Waals surface area contributed by atoms with Crippen molar-refractivity contribution < 1.29 is 14.3 Å². The summed E-state index contributed by atoms with van der Waals surface area (Å²) < 4.78 is 12.9. The summed E-state index contributed by atoms with van der Waals surface area (Å²) in [4.78, 5) is 17.8. The van der Waals surface area contributed by atoms with Gasteiger partial charge in [-0.25, -0.2) is 4.68 Å². The van der Waals surface area contributed by atoms with Crippen molar-refractivity contribution in [3.8, 4) is 11.5 Å². The van der Waals surface area contributed by atoms with Crippen LogP contribution in [0.2, 0.25) is 0 Å². The molecule has 1 unspecified atom stereocenters. The molecule has 1 aromatic heterocycles. The molecule has 0 bridgehead atoms. The van der Waals surface area contributed by atoms with Crippen LogP contribution in [0.3, 0.4) is 0 Å². The molecule has 0 spiro atoms. The van der Waals surface area contributed by atoms with Crippen molar-refractivity contribution in [3.63, 3.8) is 0 Å². The Morgan fingerprint density at radius 2 is 1.97 bits per heavy atom. The Hall–Kier alpha value is -3.26. The lowest BCUT2D eigenvalue weighted by Gasteiger charge is -2.32. The number of thioether (sulfide) groups is 1. The topological polar surface area (TPSA) is 78.3 Å². The summed E-state index contributed by atoms with van der Waals surface area (Å²) in [6, 6.07) is 15.5. The maximum absolute atomic E-state index is 13.1. The quantitative estimate of drug-likeness (QED) is 0.552. The van der Waals surface area contributed by atoms with Gasteiger partial charge in [0.15, 0.2) is 5.78 Å². The minimum absolute atomic E-state index is 0.133. The highest BCUT2D eigenvalue weighted by molar-refractivity contribution is 7.98. The maximum Gasteiger partial charge on any atom is 0.227 e. The molecule has 1 aliphatic heterocycles. The van der Waals surface area contributed by atoms with E-state index < -0.39 is 6.04 Å². The van der Waals surface area contributed by atoms with E-state index in [2.05, 4.69) is 17.4 Å². The average Bonchev–Trinajstić information content (AvgIpc) is 3.24. The molecule has 32 heavy (non-hydrogen) atoms. The van der Waals surface area contributed by atoms with Crippen LogP contribution in [0.5, 0.6) is 11.5 Å². The lowest BCUT2D eigenvalue weighted by Crippen LogP contribution is -2.31. The number of benzene rings is 2. The van der Waals surface area contributed by atoms with E-state index in [1.165, 1.54) is 5.56 Å². The van der Waals surface area contributed by atoms with Crippen molar-refractivity contribution in [2.24, 2.45) is 0 Å². The highest BCUT2D eigenvalue weighted by Gasteiger charge is 2.38. The standard InChI is InChI=1S/C24H24N4O3S/c1-30-16-11-12-20(31-2)17(13-16)22-21-18(9-6-10-19(21)29)25-23-26-24(27-28(22)23)32-14-15-7-4-3-5-8-15/h3-5,7-8,11-13,22H,6,9-10,14H2,1-2H3,(H,25,26,27). The Kier molecular flexibility index (Phi) is 5.61. The second-order valence-corrected chi connectivity index (χ2v) is 8.68. The molecule has 0 amide bonds. The number of ether oxygens (including phenoxy) is 2. The summed E-state index contributed by atoms with van der Waals surface area (Å²) in [6.45, 7) is 0. The number of carbonyl (C=O) groups excluding carboxylic acids is 1. The molecule has 0 radical (unpaired) electrons.